The molecule has 1 atom stereocenters. The molecule has 0 bridgehead atoms. The van der Waals surface area contributed by atoms with Gasteiger partial charge < -0.3 is 19.5 Å². The fraction of sp³-hybridized carbons (Fsp3) is 0.350. The van der Waals surface area contributed by atoms with E-state index in [9.17, 15) is 4.79 Å². The van der Waals surface area contributed by atoms with Gasteiger partial charge in [-0.15, -0.1) is 0 Å². The Hall–Kier alpha value is -2.53. The van der Waals surface area contributed by atoms with E-state index in [-0.39, 0.29) is 18.6 Å². The van der Waals surface area contributed by atoms with Gasteiger partial charge in [0.25, 0.3) is 5.91 Å². The van der Waals surface area contributed by atoms with Crippen LogP contribution in [0.5, 0.6) is 11.5 Å². The summed E-state index contributed by atoms with van der Waals surface area (Å²) in [5.41, 5.74) is 1.63. The molecule has 2 aromatic carbocycles. The lowest BCUT2D eigenvalue weighted by molar-refractivity contribution is -0.118. The maximum atomic E-state index is 12.2. The normalized spacial score (nSPS) is 16.4. The molecule has 2 aromatic rings. The highest BCUT2D eigenvalue weighted by Gasteiger charge is 2.17. The van der Waals surface area contributed by atoms with E-state index in [1.165, 1.54) is 0 Å². The number of hydrogen-bond donors (Lipinski definition) is 1. The van der Waals surface area contributed by atoms with Crippen molar-refractivity contribution in [3.63, 3.8) is 0 Å². The van der Waals surface area contributed by atoms with Crippen LogP contribution < -0.4 is 14.8 Å². The number of para-hydroxylation sites is 3. The van der Waals surface area contributed by atoms with Crippen LogP contribution in [0.15, 0.2) is 48.5 Å². The van der Waals surface area contributed by atoms with Gasteiger partial charge in [-0.3, -0.25) is 4.79 Å². The largest absolute Gasteiger partial charge is 0.489 e. The summed E-state index contributed by atoms with van der Waals surface area (Å²) in [5, 5.41) is 2.85. The molecular weight excluding hydrogens is 318 g/mol. The molecular formula is C20H23NO4. The summed E-state index contributed by atoms with van der Waals surface area (Å²) >= 11 is 0. The van der Waals surface area contributed by atoms with Crippen LogP contribution >= 0.6 is 0 Å². The second-order valence-corrected chi connectivity index (χ2v) is 6.04. The quantitative estimate of drug-likeness (QED) is 0.836. The van der Waals surface area contributed by atoms with Crippen molar-refractivity contribution in [1.82, 2.24) is 0 Å². The van der Waals surface area contributed by atoms with Crippen LogP contribution in [0.4, 0.5) is 5.69 Å². The van der Waals surface area contributed by atoms with Crippen molar-refractivity contribution in [3.8, 4) is 11.5 Å². The molecule has 1 saturated heterocycles. The van der Waals surface area contributed by atoms with E-state index in [0.717, 1.165) is 25.0 Å². The third-order valence-corrected chi connectivity index (χ3v) is 4.06. The number of hydrogen-bond acceptors (Lipinski definition) is 4. The topological polar surface area (TPSA) is 56.8 Å². The van der Waals surface area contributed by atoms with E-state index < -0.39 is 0 Å². The van der Waals surface area contributed by atoms with Crippen molar-refractivity contribution in [1.29, 1.82) is 0 Å². The summed E-state index contributed by atoms with van der Waals surface area (Å²) in [5.74, 6) is 1.12. The average Bonchev–Trinajstić information content (AvgIpc) is 3.14. The molecule has 5 heteroatoms. The minimum absolute atomic E-state index is 0.0507. The Morgan fingerprint density at radius 2 is 1.88 bits per heavy atom. The van der Waals surface area contributed by atoms with Gasteiger partial charge in [-0.25, -0.2) is 0 Å². The lowest BCUT2D eigenvalue weighted by atomic mass is 10.2. The van der Waals surface area contributed by atoms with Crippen LogP contribution in [0, 0.1) is 6.92 Å². The van der Waals surface area contributed by atoms with E-state index in [1.54, 1.807) is 0 Å². The molecule has 1 aliphatic heterocycles. The first-order chi connectivity index (χ1) is 12.2. The van der Waals surface area contributed by atoms with Gasteiger partial charge in [0.15, 0.2) is 6.61 Å². The van der Waals surface area contributed by atoms with Crippen LogP contribution in [-0.2, 0) is 9.53 Å². The fourth-order valence-corrected chi connectivity index (χ4v) is 2.70. The smallest absolute Gasteiger partial charge is 0.262 e. The van der Waals surface area contributed by atoms with Crippen molar-refractivity contribution < 1.29 is 19.0 Å². The van der Waals surface area contributed by atoms with Gasteiger partial charge in [0, 0.05) is 6.61 Å². The first-order valence-corrected chi connectivity index (χ1v) is 8.54. The number of rotatable bonds is 7. The van der Waals surface area contributed by atoms with Crippen LogP contribution in [0.25, 0.3) is 0 Å². The summed E-state index contributed by atoms with van der Waals surface area (Å²) in [6.07, 6.45) is 2.22. The second kappa shape index (κ2) is 8.53. The molecule has 0 spiro atoms. The number of amides is 1. The zero-order chi connectivity index (χ0) is 17.5. The van der Waals surface area contributed by atoms with Gasteiger partial charge >= 0.3 is 0 Å². The van der Waals surface area contributed by atoms with E-state index in [0.29, 0.717) is 23.8 Å². The number of nitrogens with one attached hydrogen (secondary N) is 1. The number of anilines is 1. The van der Waals surface area contributed by atoms with Crippen LogP contribution in [0.3, 0.4) is 0 Å². The van der Waals surface area contributed by atoms with Crippen molar-refractivity contribution in [2.75, 3.05) is 25.1 Å². The molecule has 1 fully saturated rings. The number of ether oxygens (including phenoxy) is 3. The van der Waals surface area contributed by atoms with Crippen LogP contribution in [0.1, 0.15) is 18.4 Å². The zero-order valence-electron chi connectivity index (χ0n) is 14.4. The van der Waals surface area contributed by atoms with Crippen molar-refractivity contribution in [3.05, 3.63) is 54.1 Å². The predicted molar refractivity (Wildman–Crippen MR) is 96.2 cm³/mol. The SMILES string of the molecule is Cc1ccccc1OCC(=O)Nc1ccccc1OC[C@H]1CCCO1. The lowest BCUT2D eigenvalue weighted by Gasteiger charge is -2.15. The standard InChI is InChI=1S/C20H23NO4/c1-15-7-2-4-10-18(15)25-14-20(22)21-17-9-3-5-11-19(17)24-13-16-8-6-12-23-16/h2-5,7,9-11,16H,6,8,12-14H2,1H3,(H,21,22)/t16-/m1/s1. The van der Waals surface area contributed by atoms with E-state index in [4.69, 9.17) is 14.2 Å². The van der Waals surface area contributed by atoms with Crippen molar-refractivity contribution >= 4 is 11.6 Å². The Morgan fingerprint density at radius 3 is 2.64 bits per heavy atom. The summed E-state index contributed by atoms with van der Waals surface area (Å²) in [7, 11) is 0. The average molecular weight is 341 g/mol. The Balaban J connectivity index is 1.54. The molecule has 0 radical (unpaired) electrons. The van der Waals surface area contributed by atoms with E-state index >= 15 is 0 Å². The number of benzene rings is 2. The van der Waals surface area contributed by atoms with Crippen LogP contribution in [-0.4, -0.2) is 31.8 Å². The van der Waals surface area contributed by atoms with Crippen LogP contribution in [0.2, 0.25) is 0 Å². The summed E-state index contributed by atoms with van der Waals surface area (Å²) in [6, 6.07) is 15.0. The lowest BCUT2D eigenvalue weighted by Crippen LogP contribution is -2.21. The summed E-state index contributed by atoms with van der Waals surface area (Å²) < 4.78 is 17.0. The maximum absolute atomic E-state index is 12.2. The van der Waals surface area contributed by atoms with Gasteiger partial charge in [0.05, 0.1) is 11.8 Å². The molecule has 5 nitrogen and oxygen atoms in total. The number of carbonyl (C=O) groups excluding carboxylic acids is 1. The highest BCUT2D eigenvalue weighted by Crippen LogP contribution is 2.25. The van der Waals surface area contributed by atoms with Gasteiger partial charge in [0.1, 0.15) is 18.1 Å². The summed E-state index contributed by atoms with van der Waals surface area (Å²) in [6.45, 7) is 3.18. The Bertz CT molecular complexity index is 710. The molecule has 0 aromatic heterocycles. The first-order valence-electron chi connectivity index (χ1n) is 8.54. The van der Waals surface area contributed by atoms with Crippen molar-refractivity contribution in [2.24, 2.45) is 0 Å². The minimum atomic E-state index is -0.226. The molecule has 1 aliphatic rings. The Labute approximate surface area is 147 Å². The minimum Gasteiger partial charge on any atom is -0.489 e. The molecule has 1 amide bonds. The summed E-state index contributed by atoms with van der Waals surface area (Å²) in [4.78, 5) is 12.2. The number of aryl methyl sites for hydroxylation is 1. The van der Waals surface area contributed by atoms with E-state index in [1.807, 2.05) is 55.5 Å². The third kappa shape index (κ3) is 4.97. The fourth-order valence-electron chi connectivity index (χ4n) is 2.70. The van der Waals surface area contributed by atoms with E-state index in [2.05, 4.69) is 5.32 Å². The highest BCUT2D eigenvalue weighted by molar-refractivity contribution is 5.93. The van der Waals surface area contributed by atoms with Gasteiger partial charge in [-0.05, 0) is 43.5 Å². The first kappa shape index (κ1) is 17.3. The van der Waals surface area contributed by atoms with Gasteiger partial charge in [-0.1, -0.05) is 30.3 Å². The molecule has 1 N–H and O–H groups in total. The monoisotopic (exact) mass is 341 g/mol. The zero-order valence-corrected chi connectivity index (χ0v) is 14.4. The van der Waals surface area contributed by atoms with Gasteiger partial charge in [0.2, 0.25) is 0 Å². The molecule has 1 heterocycles. The Kier molecular flexibility index (Phi) is 5.90. The highest BCUT2D eigenvalue weighted by atomic mass is 16.5. The Morgan fingerprint density at radius 1 is 1.12 bits per heavy atom. The number of carbonyl (C=O) groups is 1. The third-order valence-electron chi connectivity index (χ3n) is 4.06. The molecule has 0 unspecified atom stereocenters. The maximum Gasteiger partial charge on any atom is 0.262 e. The predicted octanol–water partition coefficient (Wildman–Crippen LogP) is 3.57. The second-order valence-electron chi connectivity index (χ2n) is 6.04. The molecule has 132 valence electrons. The van der Waals surface area contributed by atoms with Crippen molar-refractivity contribution in [2.45, 2.75) is 25.9 Å². The van der Waals surface area contributed by atoms with Gasteiger partial charge in [-0.2, -0.15) is 0 Å². The molecule has 25 heavy (non-hydrogen) atoms. The molecule has 0 aliphatic carbocycles. The molecule has 3 rings (SSSR count). The molecule has 0 saturated carbocycles.